The Kier molecular flexibility index (Phi) is 0.908. The second-order valence-corrected chi connectivity index (χ2v) is 2.68. The second-order valence-electron chi connectivity index (χ2n) is 2.68. The molecule has 2 rings (SSSR count). The normalized spacial score (nSPS) is 35.0. The molecule has 1 saturated heterocycles. The van der Waals surface area contributed by atoms with Crippen LogP contribution in [0, 0.1) is 5.92 Å². The molecule has 1 heteroatoms. The Labute approximate surface area is 49.8 Å². The Hall–Kier alpha value is -0.300. The van der Waals surface area contributed by atoms with Crippen LogP contribution >= 0.6 is 0 Å². The van der Waals surface area contributed by atoms with E-state index < -0.39 is 0 Å². The number of hydrogen-bond acceptors (Lipinski definition) is 1. The van der Waals surface area contributed by atoms with Crippen LogP contribution in [0.15, 0.2) is 11.6 Å². The highest BCUT2D eigenvalue weighted by Crippen LogP contribution is 2.27. The van der Waals surface area contributed by atoms with Crippen molar-refractivity contribution < 1.29 is 0 Å². The van der Waals surface area contributed by atoms with Gasteiger partial charge in [-0.3, -0.25) is 0 Å². The molecule has 0 radical (unpaired) electrons. The third-order valence-corrected chi connectivity index (χ3v) is 2.17. The molecule has 0 unspecified atom stereocenters. The lowest BCUT2D eigenvalue weighted by Gasteiger charge is -1.97. The molecule has 1 aliphatic heterocycles. The van der Waals surface area contributed by atoms with Crippen molar-refractivity contribution in [3.8, 4) is 0 Å². The topological polar surface area (TPSA) is 12.0 Å². The Bertz CT molecular complexity index is 126. The molecular formula is C7H11N. The molecule has 0 spiro atoms. The number of nitrogens with one attached hydrogen (secondary N) is 1. The summed E-state index contributed by atoms with van der Waals surface area (Å²) in [5, 5.41) is 3.36. The summed E-state index contributed by atoms with van der Waals surface area (Å²) in [5.41, 5.74) is 1.67. The van der Waals surface area contributed by atoms with E-state index >= 15 is 0 Å². The van der Waals surface area contributed by atoms with Crippen LogP contribution in [-0.4, -0.2) is 13.1 Å². The van der Waals surface area contributed by atoms with E-state index in [4.69, 9.17) is 0 Å². The van der Waals surface area contributed by atoms with E-state index in [0.717, 1.165) is 5.92 Å². The molecule has 1 atom stereocenters. The van der Waals surface area contributed by atoms with E-state index in [1.54, 1.807) is 5.57 Å². The minimum atomic E-state index is 0.926. The van der Waals surface area contributed by atoms with Gasteiger partial charge in [0.25, 0.3) is 0 Å². The summed E-state index contributed by atoms with van der Waals surface area (Å²) in [6.45, 7) is 2.41. The first kappa shape index (κ1) is 4.57. The van der Waals surface area contributed by atoms with Crippen LogP contribution in [0.3, 0.4) is 0 Å². The van der Waals surface area contributed by atoms with Crippen molar-refractivity contribution >= 4 is 0 Å². The molecule has 0 aromatic heterocycles. The average molecular weight is 109 g/mol. The fourth-order valence-electron chi connectivity index (χ4n) is 1.66. The van der Waals surface area contributed by atoms with E-state index in [2.05, 4.69) is 11.4 Å². The molecule has 1 heterocycles. The van der Waals surface area contributed by atoms with Gasteiger partial charge in [-0.1, -0.05) is 11.6 Å². The standard InChI is InChI=1S/C7H11N/c1-2-6-4-8-5-7(6)3-1/h2,7-8H,1,3-5H2/t7-/m0/s1. The quantitative estimate of drug-likeness (QED) is 0.456. The third-order valence-electron chi connectivity index (χ3n) is 2.17. The van der Waals surface area contributed by atoms with Crippen LogP contribution in [-0.2, 0) is 0 Å². The van der Waals surface area contributed by atoms with Gasteiger partial charge in [-0.15, -0.1) is 0 Å². The minimum Gasteiger partial charge on any atom is -0.312 e. The SMILES string of the molecule is C1=C2CNC[C@@H]2CC1. The lowest BCUT2D eigenvalue weighted by molar-refractivity contribution is 0.632. The Morgan fingerprint density at radius 2 is 2.62 bits per heavy atom. The smallest absolute Gasteiger partial charge is 0.0168 e. The summed E-state index contributed by atoms with van der Waals surface area (Å²) < 4.78 is 0. The molecule has 1 fully saturated rings. The van der Waals surface area contributed by atoms with Crippen LogP contribution in [0.5, 0.6) is 0 Å². The van der Waals surface area contributed by atoms with Crippen LogP contribution in [0.25, 0.3) is 0 Å². The lowest BCUT2D eigenvalue weighted by Crippen LogP contribution is -2.08. The van der Waals surface area contributed by atoms with Crippen LogP contribution in [0.4, 0.5) is 0 Å². The maximum Gasteiger partial charge on any atom is 0.0168 e. The highest BCUT2D eigenvalue weighted by Gasteiger charge is 2.22. The second kappa shape index (κ2) is 1.59. The molecule has 0 aromatic carbocycles. The zero-order chi connectivity index (χ0) is 5.40. The maximum atomic E-state index is 3.36. The Morgan fingerprint density at radius 1 is 1.62 bits per heavy atom. The zero-order valence-corrected chi connectivity index (χ0v) is 4.98. The fraction of sp³-hybridized carbons (Fsp3) is 0.714. The van der Waals surface area contributed by atoms with Gasteiger partial charge in [0.05, 0.1) is 0 Å². The van der Waals surface area contributed by atoms with Gasteiger partial charge in [-0.05, 0) is 18.8 Å². The summed E-state index contributed by atoms with van der Waals surface area (Å²) in [5.74, 6) is 0.926. The molecule has 44 valence electrons. The Balaban J connectivity index is 2.20. The fourth-order valence-corrected chi connectivity index (χ4v) is 1.66. The summed E-state index contributed by atoms with van der Waals surface area (Å²) >= 11 is 0. The summed E-state index contributed by atoms with van der Waals surface area (Å²) in [7, 11) is 0. The molecular weight excluding hydrogens is 98.1 g/mol. The maximum absolute atomic E-state index is 3.36. The van der Waals surface area contributed by atoms with E-state index in [0.29, 0.717) is 0 Å². The van der Waals surface area contributed by atoms with Gasteiger partial charge in [-0.2, -0.15) is 0 Å². The first-order valence-electron chi connectivity index (χ1n) is 3.36. The highest BCUT2D eigenvalue weighted by molar-refractivity contribution is 5.18. The van der Waals surface area contributed by atoms with Crippen LogP contribution < -0.4 is 5.32 Å². The summed E-state index contributed by atoms with van der Waals surface area (Å²) in [6.07, 6.45) is 5.13. The van der Waals surface area contributed by atoms with Crippen molar-refractivity contribution in [1.82, 2.24) is 5.32 Å². The van der Waals surface area contributed by atoms with E-state index in [9.17, 15) is 0 Å². The number of rotatable bonds is 0. The molecule has 0 bridgehead atoms. The molecule has 1 aliphatic carbocycles. The molecule has 8 heavy (non-hydrogen) atoms. The molecule has 0 saturated carbocycles. The highest BCUT2D eigenvalue weighted by atomic mass is 14.9. The van der Waals surface area contributed by atoms with Gasteiger partial charge in [0, 0.05) is 13.1 Å². The molecule has 0 amide bonds. The number of hydrogen-bond donors (Lipinski definition) is 1. The van der Waals surface area contributed by atoms with Crippen molar-refractivity contribution in [2.45, 2.75) is 12.8 Å². The van der Waals surface area contributed by atoms with Crippen LogP contribution in [0.1, 0.15) is 12.8 Å². The van der Waals surface area contributed by atoms with Crippen molar-refractivity contribution in [3.63, 3.8) is 0 Å². The summed E-state index contributed by atoms with van der Waals surface area (Å²) in [6, 6.07) is 0. The number of fused-ring (bicyclic) bond motifs is 1. The van der Waals surface area contributed by atoms with Crippen molar-refractivity contribution in [2.75, 3.05) is 13.1 Å². The zero-order valence-electron chi connectivity index (χ0n) is 4.98. The molecule has 2 aliphatic rings. The summed E-state index contributed by atoms with van der Waals surface area (Å²) in [4.78, 5) is 0. The average Bonchev–Trinajstić information content (AvgIpc) is 2.15. The number of allylic oxidation sites excluding steroid dienone is 1. The van der Waals surface area contributed by atoms with Gasteiger partial charge < -0.3 is 5.32 Å². The van der Waals surface area contributed by atoms with Gasteiger partial charge >= 0.3 is 0 Å². The van der Waals surface area contributed by atoms with E-state index in [1.807, 2.05) is 0 Å². The first-order chi connectivity index (χ1) is 3.97. The Morgan fingerprint density at radius 3 is 3.50 bits per heavy atom. The van der Waals surface area contributed by atoms with Crippen molar-refractivity contribution in [2.24, 2.45) is 5.92 Å². The molecule has 0 aromatic rings. The first-order valence-corrected chi connectivity index (χ1v) is 3.36. The molecule has 1 N–H and O–H groups in total. The van der Waals surface area contributed by atoms with E-state index in [1.165, 1.54) is 25.9 Å². The molecule has 1 nitrogen and oxygen atoms in total. The predicted molar refractivity (Wildman–Crippen MR) is 33.7 cm³/mol. The van der Waals surface area contributed by atoms with Gasteiger partial charge in [0.15, 0.2) is 0 Å². The van der Waals surface area contributed by atoms with Gasteiger partial charge in [0.2, 0.25) is 0 Å². The van der Waals surface area contributed by atoms with Gasteiger partial charge in [-0.25, -0.2) is 0 Å². The monoisotopic (exact) mass is 109 g/mol. The lowest BCUT2D eigenvalue weighted by atomic mass is 10.1. The largest absolute Gasteiger partial charge is 0.312 e. The van der Waals surface area contributed by atoms with Crippen molar-refractivity contribution in [1.29, 1.82) is 0 Å². The van der Waals surface area contributed by atoms with E-state index in [-0.39, 0.29) is 0 Å². The van der Waals surface area contributed by atoms with Crippen molar-refractivity contribution in [3.05, 3.63) is 11.6 Å². The van der Waals surface area contributed by atoms with Crippen LogP contribution in [0.2, 0.25) is 0 Å². The van der Waals surface area contributed by atoms with Gasteiger partial charge in [0.1, 0.15) is 0 Å². The predicted octanol–water partition coefficient (Wildman–Crippen LogP) is 0.926. The minimum absolute atomic E-state index is 0.926. The third kappa shape index (κ3) is 0.511.